The topological polar surface area (TPSA) is 64.7 Å². The van der Waals surface area contributed by atoms with Crippen LogP contribution < -0.4 is 0 Å². The number of Topliss-reactive ketones (excluding diaryl/α,β-unsaturated/α-hetero) is 1. The van der Waals surface area contributed by atoms with Crippen LogP contribution in [-0.4, -0.2) is 5.78 Å². The zero-order chi connectivity index (χ0) is 16.2. The number of ketones is 1. The van der Waals surface area contributed by atoms with Gasteiger partial charge in [0.15, 0.2) is 0 Å². The maximum Gasteiger partial charge on any atom is 0.137 e. The number of carbonyl (C=O) groups excluding carboxylic acids is 1. The molecule has 4 rings (SSSR count). The Kier molecular flexibility index (Phi) is 4.22. The number of fused-ring (bicyclic) bond motifs is 6. The standard InChI is InChI=1S/C20H16N2O/c21-12-16-7-8-17(13-22)20-11-18(23)9-5-14-1-3-15(4-2-14)6-10-19(16)20/h1-4,7-8H,5-6,9-11H2. The van der Waals surface area contributed by atoms with E-state index in [-0.39, 0.29) is 12.2 Å². The summed E-state index contributed by atoms with van der Waals surface area (Å²) in [5.74, 6) is 0.113. The first-order valence-electron chi connectivity index (χ1n) is 7.75. The Balaban J connectivity index is 2.11. The van der Waals surface area contributed by atoms with E-state index in [1.54, 1.807) is 12.1 Å². The summed E-state index contributed by atoms with van der Waals surface area (Å²) in [5, 5.41) is 18.7. The van der Waals surface area contributed by atoms with Gasteiger partial charge in [-0.15, -0.1) is 0 Å². The van der Waals surface area contributed by atoms with E-state index in [1.807, 2.05) is 0 Å². The second-order valence-electron chi connectivity index (χ2n) is 5.87. The van der Waals surface area contributed by atoms with Crippen LogP contribution in [0.3, 0.4) is 0 Å². The zero-order valence-corrected chi connectivity index (χ0v) is 12.8. The highest BCUT2D eigenvalue weighted by atomic mass is 16.1. The van der Waals surface area contributed by atoms with E-state index in [0.717, 1.165) is 23.1 Å². The summed E-state index contributed by atoms with van der Waals surface area (Å²) in [6, 6.07) is 16.0. The van der Waals surface area contributed by atoms with Gasteiger partial charge < -0.3 is 0 Å². The van der Waals surface area contributed by atoms with Gasteiger partial charge in [-0.1, -0.05) is 24.3 Å². The van der Waals surface area contributed by atoms with E-state index >= 15 is 0 Å². The first-order valence-corrected chi connectivity index (χ1v) is 7.75. The van der Waals surface area contributed by atoms with E-state index < -0.39 is 0 Å². The fourth-order valence-corrected chi connectivity index (χ4v) is 3.10. The Labute approximate surface area is 135 Å². The maximum absolute atomic E-state index is 12.3. The third kappa shape index (κ3) is 3.15. The van der Waals surface area contributed by atoms with Gasteiger partial charge in [-0.25, -0.2) is 0 Å². The average Bonchev–Trinajstić information content (AvgIpc) is 2.58. The molecule has 0 N–H and O–H groups in total. The number of rotatable bonds is 0. The minimum Gasteiger partial charge on any atom is -0.299 e. The monoisotopic (exact) mass is 300 g/mol. The first-order chi connectivity index (χ1) is 11.2. The highest BCUT2D eigenvalue weighted by Crippen LogP contribution is 2.23. The van der Waals surface area contributed by atoms with Gasteiger partial charge >= 0.3 is 0 Å². The number of carbonyl (C=O) groups is 1. The Morgan fingerprint density at radius 2 is 1.22 bits per heavy atom. The fraction of sp³-hybridized carbons (Fsp3) is 0.250. The lowest BCUT2D eigenvalue weighted by molar-refractivity contribution is -0.118. The van der Waals surface area contributed by atoms with E-state index in [9.17, 15) is 15.3 Å². The molecule has 0 saturated carbocycles. The number of benzene rings is 2. The highest BCUT2D eigenvalue weighted by Gasteiger charge is 2.17. The summed E-state index contributed by atoms with van der Waals surface area (Å²) in [5.41, 5.74) is 5.04. The molecule has 0 unspecified atom stereocenters. The van der Waals surface area contributed by atoms with Crippen molar-refractivity contribution in [2.75, 3.05) is 0 Å². The molecule has 23 heavy (non-hydrogen) atoms. The Morgan fingerprint density at radius 3 is 1.78 bits per heavy atom. The van der Waals surface area contributed by atoms with Gasteiger partial charge in [-0.3, -0.25) is 4.79 Å². The molecule has 0 amide bonds. The third-order valence-corrected chi connectivity index (χ3v) is 4.43. The molecule has 2 aromatic rings. The summed E-state index contributed by atoms with van der Waals surface area (Å²) in [6.07, 6.45) is 2.88. The molecule has 0 radical (unpaired) electrons. The second-order valence-corrected chi connectivity index (χ2v) is 5.87. The van der Waals surface area contributed by atoms with Crippen molar-refractivity contribution in [3.63, 3.8) is 0 Å². The lowest BCUT2D eigenvalue weighted by Gasteiger charge is -2.14. The normalized spacial score (nSPS) is 14.1. The summed E-state index contributed by atoms with van der Waals surface area (Å²) >= 11 is 0. The van der Waals surface area contributed by atoms with Crippen LogP contribution >= 0.6 is 0 Å². The molecule has 0 aliphatic heterocycles. The van der Waals surface area contributed by atoms with Crippen LogP contribution in [0.25, 0.3) is 0 Å². The molecule has 0 fully saturated rings. The molecule has 2 bridgehead atoms. The average molecular weight is 300 g/mol. The van der Waals surface area contributed by atoms with Crippen LogP contribution in [-0.2, 0) is 30.5 Å². The highest BCUT2D eigenvalue weighted by molar-refractivity contribution is 5.82. The van der Waals surface area contributed by atoms with Crippen molar-refractivity contribution in [1.82, 2.24) is 0 Å². The molecule has 0 saturated heterocycles. The van der Waals surface area contributed by atoms with Crippen molar-refractivity contribution in [3.8, 4) is 12.1 Å². The maximum atomic E-state index is 12.3. The van der Waals surface area contributed by atoms with Crippen LogP contribution in [0, 0.1) is 22.7 Å². The first kappa shape index (κ1) is 15.0. The van der Waals surface area contributed by atoms with Crippen molar-refractivity contribution >= 4 is 5.78 Å². The quantitative estimate of drug-likeness (QED) is 0.750. The predicted octanol–water partition coefficient (Wildman–Crippen LogP) is 3.27. The lowest BCUT2D eigenvalue weighted by atomic mass is 9.88. The van der Waals surface area contributed by atoms with Crippen LogP contribution in [0.4, 0.5) is 0 Å². The van der Waals surface area contributed by atoms with Crippen molar-refractivity contribution in [3.05, 3.63) is 69.8 Å². The van der Waals surface area contributed by atoms with E-state index in [1.165, 1.54) is 5.56 Å². The molecule has 0 atom stereocenters. The predicted molar refractivity (Wildman–Crippen MR) is 86.8 cm³/mol. The van der Waals surface area contributed by atoms with Gasteiger partial charge in [0.1, 0.15) is 5.78 Å². The Hall–Kier alpha value is -2.91. The minimum atomic E-state index is 0.113. The van der Waals surface area contributed by atoms with Crippen LogP contribution in [0.2, 0.25) is 0 Å². The van der Waals surface area contributed by atoms with Gasteiger partial charge in [0.2, 0.25) is 0 Å². The molecule has 0 spiro atoms. The number of aryl methyl sites for hydroxylation is 2. The molecule has 2 aliphatic carbocycles. The number of hydrogen-bond acceptors (Lipinski definition) is 3. The van der Waals surface area contributed by atoms with E-state index in [0.29, 0.717) is 30.4 Å². The number of nitrogens with zero attached hydrogens (tertiary/aromatic N) is 2. The van der Waals surface area contributed by atoms with Gasteiger partial charge in [0.25, 0.3) is 0 Å². The number of nitriles is 2. The Bertz CT molecular complexity index is 836. The largest absolute Gasteiger partial charge is 0.299 e. The molecule has 2 aromatic carbocycles. The van der Waals surface area contributed by atoms with Gasteiger partial charge in [0.05, 0.1) is 23.3 Å². The summed E-state index contributed by atoms with van der Waals surface area (Å²) in [6.45, 7) is 0. The SMILES string of the molecule is N#Cc1ccc(C#N)c2c1CCc1ccc(cc1)CCC(=O)C2. The van der Waals surface area contributed by atoms with Crippen molar-refractivity contribution < 1.29 is 4.79 Å². The molecule has 3 heteroatoms. The third-order valence-electron chi connectivity index (χ3n) is 4.43. The van der Waals surface area contributed by atoms with Crippen molar-refractivity contribution in [2.24, 2.45) is 0 Å². The van der Waals surface area contributed by atoms with Crippen LogP contribution in [0.1, 0.15) is 39.8 Å². The second kappa shape index (κ2) is 6.46. The fourth-order valence-electron chi connectivity index (χ4n) is 3.10. The Morgan fingerprint density at radius 1 is 0.696 bits per heavy atom. The zero-order valence-electron chi connectivity index (χ0n) is 12.8. The summed E-state index contributed by atoms with van der Waals surface area (Å²) in [7, 11) is 0. The van der Waals surface area contributed by atoms with Crippen molar-refractivity contribution in [1.29, 1.82) is 10.5 Å². The summed E-state index contributed by atoms with van der Waals surface area (Å²) < 4.78 is 0. The van der Waals surface area contributed by atoms with Crippen molar-refractivity contribution in [2.45, 2.75) is 32.1 Å². The van der Waals surface area contributed by atoms with Gasteiger partial charge in [0, 0.05) is 12.8 Å². The minimum absolute atomic E-state index is 0.113. The molecular formula is C20H16N2O. The van der Waals surface area contributed by atoms with E-state index in [2.05, 4.69) is 36.4 Å². The molecule has 3 nitrogen and oxygen atoms in total. The molecule has 2 aliphatic rings. The van der Waals surface area contributed by atoms with Crippen LogP contribution in [0.5, 0.6) is 0 Å². The van der Waals surface area contributed by atoms with Gasteiger partial charge in [-0.05, 0) is 53.6 Å². The summed E-state index contributed by atoms with van der Waals surface area (Å²) in [4.78, 5) is 12.3. The molecule has 0 aromatic heterocycles. The van der Waals surface area contributed by atoms with Gasteiger partial charge in [-0.2, -0.15) is 10.5 Å². The molecule has 112 valence electrons. The molecular weight excluding hydrogens is 284 g/mol. The smallest absolute Gasteiger partial charge is 0.137 e. The molecule has 0 heterocycles. The lowest BCUT2D eigenvalue weighted by Crippen LogP contribution is -2.11. The van der Waals surface area contributed by atoms with E-state index in [4.69, 9.17) is 0 Å². The van der Waals surface area contributed by atoms with Crippen LogP contribution in [0.15, 0.2) is 36.4 Å². The number of hydrogen-bond donors (Lipinski definition) is 0.